The fourth-order valence-corrected chi connectivity index (χ4v) is 3.73. The molecule has 0 unspecified atom stereocenters. The molecule has 0 spiro atoms. The van der Waals surface area contributed by atoms with Gasteiger partial charge in [-0.15, -0.1) is 10.2 Å². The minimum atomic E-state index is -0.397. The molecular weight excluding hydrogens is 296 g/mol. The van der Waals surface area contributed by atoms with Gasteiger partial charge in [-0.25, -0.2) is 4.79 Å². The van der Waals surface area contributed by atoms with Gasteiger partial charge in [0.05, 0.1) is 5.25 Å². The zero-order chi connectivity index (χ0) is 14.4. The van der Waals surface area contributed by atoms with Gasteiger partial charge in [-0.3, -0.25) is 10.1 Å². The van der Waals surface area contributed by atoms with Gasteiger partial charge in [0.15, 0.2) is 4.34 Å². The second-order valence-corrected chi connectivity index (χ2v) is 7.18. The number of rotatable bonds is 4. The van der Waals surface area contributed by atoms with Crippen molar-refractivity contribution in [2.24, 2.45) is 0 Å². The molecule has 1 aliphatic carbocycles. The topological polar surface area (TPSA) is 84.0 Å². The summed E-state index contributed by atoms with van der Waals surface area (Å²) in [6.07, 6.45) is 5.51. The number of urea groups is 1. The summed E-state index contributed by atoms with van der Waals surface area (Å²) >= 11 is 2.68. The summed E-state index contributed by atoms with van der Waals surface area (Å²) in [7, 11) is 0. The number of carbonyl (C=O) groups excluding carboxylic acids is 2. The molecular formula is C12H18N4O2S2. The van der Waals surface area contributed by atoms with Crippen molar-refractivity contribution < 1.29 is 9.59 Å². The molecule has 8 heteroatoms. The Morgan fingerprint density at radius 3 is 2.80 bits per heavy atom. The van der Waals surface area contributed by atoms with Gasteiger partial charge in [0, 0.05) is 6.04 Å². The molecule has 1 atom stereocenters. The van der Waals surface area contributed by atoms with Gasteiger partial charge in [0.1, 0.15) is 5.51 Å². The lowest BCUT2D eigenvalue weighted by Crippen LogP contribution is -2.47. The normalized spacial score (nSPS) is 17.4. The third kappa shape index (κ3) is 4.75. The molecule has 6 nitrogen and oxygen atoms in total. The molecule has 20 heavy (non-hydrogen) atoms. The average Bonchev–Trinajstić information content (AvgIpc) is 2.92. The minimum Gasteiger partial charge on any atom is -0.335 e. The van der Waals surface area contributed by atoms with Crippen molar-refractivity contribution in [3.05, 3.63) is 5.51 Å². The van der Waals surface area contributed by atoms with E-state index in [0.717, 1.165) is 30.0 Å². The molecule has 3 amide bonds. The highest BCUT2D eigenvalue weighted by Crippen LogP contribution is 2.24. The Balaban J connectivity index is 1.73. The maximum absolute atomic E-state index is 11.9. The summed E-state index contributed by atoms with van der Waals surface area (Å²) in [5.74, 6) is -0.307. The van der Waals surface area contributed by atoms with E-state index in [-0.39, 0.29) is 17.2 Å². The van der Waals surface area contributed by atoms with Gasteiger partial charge in [0.2, 0.25) is 5.91 Å². The highest BCUT2D eigenvalue weighted by Gasteiger charge is 2.20. The van der Waals surface area contributed by atoms with Crippen LogP contribution in [0.3, 0.4) is 0 Å². The van der Waals surface area contributed by atoms with Gasteiger partial charge < -0.3 is 5.32 Å². The summed E-state index contributed by atoms with van der Waals surface area (Å²) in [5.41, 5.74) is 1.61. The second kappa shape index (κ2) is 7.58. The first-order valence-corrected chi connectivity index (χ1v) is 8.45. The third-order valence-corrected chi connectivity index (χ3v) is 5.08. The quantitative estimate of drug-likeness (QED) is 0.832. The first-order chi connectivity index (χ1) is 9.65. The largest absolute Gasteiger partial charge is 0.335 e. The average molecular weight is 314 g/mol. The summed E-state index contributed by atoms with van der Waals surface area (Å²) < 4.78 is 0.723. The number of carbonyl (C=O) groups is 2. The summed E-state index contributed by atoms with van der Waals surface area (Å²) in [5, 5.41) is 12.4. The Bertz CT molecular complexity index is 446. The number of aromatic nitrogens is 2. The van der Waals surface area contributed by atoms with Gasteiger partial charge in [-0.05, 0) is 19.8 Å². The van der Waals surface area contributed by atoms with Crippen molar-refractivity contribution >= 4 is 35.0 Å². The van der Waals surface area contributed by atoms with Crippen LogP contribution in [0.25, 0.3) is 0 Å². The highest BCUT2D eigenvalue weighted by molar-refractivity contribution is 8.02. The maximum atomic E-state index is 11.9. The van der Waals surface area contributed by atoms with Crippen molar-refractivity contribution in [3.63, 3.8) is 0 Å². The smallest absolute Gasteiger partial charge is 0.321 e. The maximum Gasteiger partial charge on any atom is 0.321 e. The van der Waals surface area contributed by atoms with Crippen LogP contribution >= 0.6 is 23.1 Å². The molecule has 1 heterocycles. The van der Waals surface area contributed by atoms with E-state index in [1.54, 1.807) is 12.4 Å². The first-order valence-electron chi connectivity index (χ1n) is 6.69. The molecule has 0 radical (unpaired) electrons. The van der Waals surface area contributed by atoms with Gasteiger partial charge >= 0.3 is 6.03 Å². The summed E-state index contributed by atoms with van der Waals surface area (Å²) in [6.45, 7) is 1.75. The van der Waals surface area contributed by atoms with Crippen LogP contribution in [-0.2, 0) is 4.79 Å². The van der Waals surface area contributed by atoms with E-state index in [1.165, 1.54) is 29.5 Å². The van der Waals surface area contributed by atoms with Crippen molar-refractivity contribution in [3.8, 4) is 0 Å². The van der Waals surface area contributed by atoms with Crippen molar-refractivity contribution in [1.82, 2.24) is 20.8 Å². The van der Waals surface area contributed by atoms with Crippen LogP contribution in [0, 0.1) is 0 Å². The van der Waals surface area contributed by atoms with Gasteiger partial charge in [-0.2, -0.15) is 0 Å². The lowest BCUT2D eigenvalue weighted by molar-refractivity contribution is -0.119. The van der Waals surface area contributed by atoms with E-state index in [9.17, 15) is 9.59 Å². The number of hydrogen-bond donors (Lipinski definition) is 2. The van der Waals surface area contributed by atoms with Crippen LogP contribution in [0.1, 0.15) is 39.0 Å². The molecule has 1 saturated carbocycles. The van der Waals surface area contributed by atoms with E-state index in [0.29, 0.717) is 0 Å². The second-order valence-electron chi connectivity index (χ2n) is 4.76. The molecule has 0 aliphatic heterocycles. The van der Waals surface area contributed by atoms with Crippen LogP contribution in [0.15, 0.2) is 9.85 Å². The van der Waals surface area contributed by atoms with E-state index in [2.05, 4.69) is 20.8 Å². The summed E-state index contributed by atoms with van der Waals surface area (Å²) in [6, 6.07) is -0.200. The molecule has 1 aromatic heterocycles. The fourth-order valence-electron chi connectivity index (χ4n) is 2.10. The SMILES string of the molecule is C[C@H](Sc1nncs1)C(=O)NC(=O)NC1CCCCC1. The van der Waals surface area contributed by atoms with Crippen molar-refractivity contribution in [2.75, 3.05) is 0 Å². The molecule has 110 valence electrons. The number of amides is 3. The molecule has 0 bridgehead atoms. The van der Waals surface area contributed by atoms with Crippen molar-refractivity contribution in [1.29, 1.82) is 0 Å². The Hall–Kier alpha value is -1.15. The molecule has 0 aromatic carbocycles. The molecule has 2 N–H and O–H groups in total. The number of hydrogen-bond acceptors (Lipinski definition) is 6. The van der Waals surface area contributed by atoms with Crippen LogP contribution in [0.5, 0.6) is 0 Å². The van der Waals surface area contributed by atoms with Crippen molar-refractivity contribution in [2.45, 2.75) is 54.7 Å². The van der Waals surface area contributed by atoms with Crippen LogP contribution < -0.4 is 10.6 Å². The van der Waals surface area contributed by atoms with E-state index >= 15 is 0 Å². The Morgan fingerprint density at radius 2 is 2.15 bits per heavy atom. The number of nitrogens with one attached hydrogen (secondary N) is 2. The predicted octanol–water partition coefficient (Wildman–Crippen LogP) is 2.18. The molecule has 2 rings (SSSR count). The number of imide groups is 1. The molecule has 1 aliphatic rings. The molecule has 0 saturated heterocycles. The zero-order valence-corrected chi connectivity index (χ0v) is 12.9. The monoisotopic (exact) mass is 314 g/mol. The zero-order valence-electron chi connectivity index (χ0n) is 11.3. The van der Waals surface area contributed by atoms with E-state index in [4.69, 9.17) is 0 Å². The number of thioether (sulfide) groups is 1. The fraction of sp³-hybridized carbons (Fsp3) is 0.667. The third-order valence-electron chi connectivity index (χ3n) is 3.16. The predicted molar refractivity (Wildman–Crippen MR) is 78.8 cm³/mol. The van der Waals surface area contributed by atoms with E-state index in [1.807, 2.05) is 0 Å². The molecule has 1 aromatic rings. The first kappa shape index (κ1) is 15.2. The highest BCUT2D eigenvalue weighted by atomic mass is 32.2. The van der Waals surface area contributed by atoms with Crippen LogP contribution in [0.4, 0.5) is 4.79 Å². The van der Waals surface area contributed by atoms with Crippen LogP contribution in [0.2, 0.25) is 0 Å². The Morgan fingerprint density at radius 1 is 1.40 bits per heavy atom. The summed E-state index contributed by atoms with van der Waals surface area (Å²) in [4.78, 5) is 23.6. The number of nitrogens with zero attached hydrogens (tertiary/aromatic N) is 2. The van der Waals surface area contributed by atoms with Gasteiger partial charge in [-0.1, -0.05) is 42.4 Å². The lowest BCUT2D eigenvalue weighted by Gasteiger charge is -2.22. The molecule has 1 fully saturated rings. The van der Waals surface area contributed by atoms with E-state index < -0.39 is 6.03 Å². The van der Waals surface area contributed by atoms with Gasteiger partial charge in [0.25, 0.3) is 0 Å². The standard InChI is InChI=1S/C12H18N4O2S2/c1-8(20-12-16-13-7-19-12)10(17)15-11(18)14-9-5-3-2-4-6-9/h7-9H,2-6H2,1H3,(H2,14,15,17,18)/t8-/m0/s1. The Labute approximate surface area is 126 Å². The van der Waals surface area contributed by atoms with Crippen LogP contribution in [-0.4, -0.2) is 33.4 Å². The lowest BCUT2D eigenvalue weighted by atomic mass is 9.96. The minimum absolute atomic E-state index is 0.197. The Kier molecular flexibility index (Phi) is 5.78.